The minimum absolute atomic E-state index is 0.0229. The van der Waals surface area contributed by atoms with Crippen LogP contribution in [0.1, 0.15) is 12.5 Å². The minimum atomic E-state index is -0.932. The van der Waals surface area contributed by atoms with E-state index in [4.69, 9.17) is 16.3 Å². The lowest BCUT2D eigenvalue weighted by molar-refractivity contribution is -0.152. The molecule has 2 N–H and O–H groups in total. The standard InChI is InChI=1S/C17H16ClNO4/c1-11(17(22)19-14-4-2-3-13(18)10-14)23-16(21)9-12-5-7-15(20)8-6-12/h2-8,10-11,20H,9H2,1H3,(H,19,22)/t11-/m0/s1. The molecule has 23 heavy (non-hydrogen) atoms. The Kier molecular flexibility index (Phi) is 5.60. The molecule has 1 atom stereocenters. The second-order valence-electron chi connectivity index (χ2n) is 4.97. The number of aromatic hydroxyl groups is 1. The van der Waals surface area contributed by atoms with Crippen LogP contribution in [0.25, 0.3) is 0 Å². The molecule has 0 saturated heterocycles. The van der Waals surface area contributed by atoms with Crippen molar-refractivity contribution in [2.75, 3.05) is 5.32 Å². The van der Waals surface area contributed by atoms with Crippen LogP contribution in [0, 0.1) is 0 Å². The van der Waals surface area contributed by atoms with Gasteiger partial charge in [0.25, 0.3) is 5.91 Å². The zero-order valence-electron chi connectivity index (χ0n) is 12.5. The fourth-order valence-electron chi connectivity index (χ4n) is 1.88. The third-order valence-electron chi connectivity index (χ3n) is 3.05. The summed E-state index contributed by atoms with van der Waals surface area (Å²) in [6, 6.07) is 12.9. The fraction of sp³-hybridized carbons (Fsp3) is 0.176. The van der Waals surface area contributed by atoms with Gasteiger partial charge in [-0.05, 0) is 42.8 Å². The molecule has 0 spiro atoms. The van der Waals surface area contributed by atoms with Crippen LogP contribution < -0.4 is 5.32 Å². The number of carbonyl (C=O) groups excluding carboxylic acids is 2. The van der Waals surface area contributed by atoms with E-state index in [2.05, 4.69) is 5.32 Å². The van der Waals surface area contributed by atoms with Gasteiger partial charge in [-0.15, -0.1) is 0 Å². The summed E-state index contributed by atoms with van der Waals surface area (Å²) in [5.41, 5.74) is 1.22. The van der Waals surface area contributed by atoms with E-state index in [9.17, 15) is 14.7 Å². The predicted molar refractivity (Wildman–Crippen MR) is 87.4 cm³/mol. The lowest BCUT2D eigenvalue weighted by Gasteiger charge is -2.13. The Balaban J connectivity index is 1.87. The van der Waals surface area contributed by atoms with Crippen molar-refractivity contribution >= 4 is 29.2 Å². The summed E-state index contributed by atoms with van der Waals surface area (Å²) in [6.45, 7) is 1.49. The number of halogens is 1. The van der Waals surface area contributed by atoms with Gasteiger partial charge in [-0.2, -0.15) is 0 Å². The average Bonchev–Trinajstić information content (AvgIpc) is 2.49. The summed E-state index contributed by atoms with van der Waals surface area (Å²) in [6.07, 6.45) is -0.909. The molecule has 0 aromatic heterocycles. The zero-order valence-corrected chi connectivity index (χ0v) is 13.2. The summed E-state index contributed by atoms with van der Waals surface area (Å²) in [5, 5.41) is 12.3. The highest BCUT2D eigenvalue weighted by atomic mass is 35.5. The number of hydrogen-bond donors (Lipinski definition) is 2. The molecule has 2 aromatic rings. The molecule has 6 heteroatoms. The molecule has 2 rings (SSSR count). The number of amides is 1. The van der Waals surface area contributed by atoms with Gasteiger partial charge in [0.15, 0.2) is 6.10 Å². The summed E-state index contributed by atoms with van der Waals surface area (Å²) < 4.78 is 5.10. The van der Waals surface area contributed by atoms with Gasteiger partial charge in [0.1, 0.15) is 5.75 Å². The number of phenols is 1. The molecule has 120 valence electrons. The third-order valence-corrected chi connectivity index (χ3v) is 3.29. The van der Waals surface area contributed by atoms with E-state index in [1.54, 1.807) is 36.4 Å². The molecular formula is C17H16ClNO4. The highest BCUT2D eigenvalue weighted by Gasteiger charge is 2.18. The number of phenolic OH excluding ortho intramolecular Hbond substituents is 1. The van der Waals surface area contributed by atoms with E-state index in [-0.39, 0.29) is 12.2 Å². The molecule has 0 aliphatic heterocycles. The fourth-order valence-corrected chi connectivity index (χ4v) is 2.07. The number of esters is 1. The normalized spacial score (nSPS) is 11.6. The van der Waals surface area contributed by atoms with E-state index in [1.165, 1.54) is 19.1 Å². The van der Waals surface area contributed by atoms with Gasteiger partial charge in [0.2, 0.25) is 0 Å². The first kappa shape index (κ1) is 16.8. The highest BCUT2D eigenvalue weighted by Crippen LogP contribution is 2.15. The Morgan fingerprint density at radius 3 is 2.57 bits per heavy atom. The Hall–Kier alpha value is -2.53. The number of carbonyl (C=O) groups is 2. The van der Waals surface area contributed by atoms with Crippen molar-refractivity contribution in [2.24, 2.45) is 0 Å². The molecule has 0 aliphatic rings. The molecule has 0 heterocycles. The lowest BCUT2D eigenvalue weighted by Crippen LogP contribution is -2.30. The third kappa shape index (κ3) is 5.30. The van der Waals surface area contributed by atoms with Crippen LogP contribution in [0.15, 0.2) is 48.5 Å². The zero-order chi connectivity index (χ0) is 16.8. The average molecular weight is 334 g/mol. The van der Waals surface area contributed by atoms with Gasteiger partial charge < -0.3 is 15.2 Å². The van der Waals surface area contributed by atoms with Crippen LogP contribution in [0.5, 0.6) is 5.75 Å². The van der Waals surface area contributed by atoms with E-state index in [0.717, 1.165) is 0 Å². The number of nitrogens with one attached hydrogen (secondary N) is 1. The second-order valence-corrected chi connectivity index (χ2v) is 5.41. The van der Waals surface area contributed by atoms with Crippen molar-refractivity contribution < 1.29 is 19.4 Å². The Bertz CT molecular complexity index is 700. The first-order valence-corrected chi connectivity index (χ1v) is 7.35. The molecular weight excluding hydrogens is 318 g/mol. The monoisotopic (exact) mass is 333 g/mol. The minimum Gasteiger partial charge on any atom is -0.508 e. The van der Waals surface area contributed by atoms with Crippen LogP contribution >= 0.6 is 11.6 Å². The SMILES string of the molecule is C[C@H](OC(=O)Cc1ccc(O)cc1)C(=O)Nc1cccc(Cl)c1. The Labute approximate surface area is 138 Å². The topological polar surface area (TPSA) is 75.6 Å². The van der Waals surface area contributed by atoms with Crippen molar-refractivity contribution in [1.82, 2.24) is 0 Å². The van der Waals surface area contributed by atoms with Crippen molar-refractivity contribution in [2.45, 2.75) is 19.4 Å². The molecule has 1 amide bonds. The van der Waals surface area contributed by atoms with Gasteiger partial charge in [-0.3, -0.25) is 9.59 Å². The molecule has 5 nitrogen and oxygen atoms in total. The van der Waals surface area contributed by atoms with Gasteiger partial charge in [-0.1, -0.05) is 29.8 Å². The van der Waals surface area contributed by atoms with Crippen LogP contribution in [0.2, 0.25) is 5.02 Å². The summed E-state index contributed by atoms with van der Waals surface area (Å²) in [5.74, 6) is -0.841. The largest absolute Gasteiger partial charge is 0.508 e. The number of anilines is 1. The number of rotatable bonds is 5. The summed E-state index contributed by atoms with van der Waals surface area (Å²) >= 11 is 5.84. The summed E-state index contributed by atoms with van der Waals surface area (Å²) in [7, 11) is 0. The van der Waals surface area contributed by atoms with E-state index in [0.29, 0.717) is 16.3 Å². The predicted octanol–water partition coefficient (Wildman–Crippen LogP) is 3.16. The van der Waals surface area contributed by atoms with Crippen molar-refractivity contribution in [3.63, 3.8) is 0 Å². The highest BCUT2D eigenvalue weighted by molar-refractivity contribution is 6.30. The number of ether oxygens (including phenoxy) is 1. The first-order chi connectivity index (χ1) is 10.9. The smallest absolute Gasteiger partial charge is 0.311 e. The van der Waals surface area contributed by atoms with Gasteiger partial charge in [-0.25, -0.2) is 0 Å². The van der Waals surface area contributed by atoms with Crippen LogP contribution in [0.4, 0.5) is 5.69 Å². The van der Waals surface area contributed by atoms with Gasteiger partial charge in [0.05, 0.1) is 6.42 Å². The number of benzene rings is 2. The van der Waals surface area contributed by atoms with E-state index in [1.807, 2.05) is 0 Å². The van der Waals surface area contributed by atoms with Crippen molar-refractivity contribution in [3.8, 4) is 5.75 Å². The molecule has 0 aliphatic carbocycles. The van der Waals surface area contributed by atoms with Gasteiger partial charge >= 0.3 is 5.97 Å². The molecule has 0 bridgehead atoms. The Morgan fingerprint density at radius 2 is 1.91 bits per heavy atom. The number of hydrogen-bond acceptors (Lipinski definition) is 4. The maximum Gasteiger partial charge on any atom is 0.311 e. The van der Waals surface area contributed by atoms with Gasteiger partial charge in [0, 0.05) is 10.7 Å². The Morgan fingerprint density at radius 1 is 1.22 bits per heavy atom. The molecule has 0 radical (unpaired) electrons. The van der Waals surface area contributed by atoms with Crippen molar-refractivity contribution in [1.29, 1.82) is 0 Å². The van der Waals surface area contributed by atoms with Crippen LogP contribution in [-0.4, -0.2) is 23.1 Å². The maximum absolute atomic E-state index is 12.0. The van der Waals surface area contributed by atoms with Crippen LogP contribution in [0.3, 0.4) is 0 Å². The lowest BCUT2D eigenvalue weighted by atomic mass is 10.1. The van der Waals surface area contributed by atoms with Crippen molar-refractivity contribution in [3.05, 3.63) is 59.1 Å². The van der Waals surface area contributed by atoms with Crippen LogP contribution in [-0.2, 0) is 20.7 Å². The maximum atomic E-state index is 12.0. The summed E-state index contributed by atoms with van der Waals surface area (Å²) in [4.78, 5) is 23.8. The molecule has 0 unspecified atom stereocenters. The second kappa shape index (κ2) is 7.65. The molecule has 0 fully saturated rings. The molecule has 2 aromatic carbocycles. The van der Waals surface area contributed by atoms with E-state index >= 15 is 0 Å². The first-order valence-electron chi connectivity index (χ1n) is 6.98. The quantitative estimate of drug-likeness (QED) is 0.824. The molecule has 0 saturated carbocycles. The van der Waals surface area contributed by atoms with E-state index < -0.39 is 18.0 Å².